The van der Waals surface area contributed by atoms with E-state index < -0.39 is 16.1 Å². The number of carbonyl (C=O) groups excluding carboxylic acids is 1. The Hall–Kier alpha value is -2.54. The number of ether oxygens (including phenoxy) is 1. The van der Waals surface area contributed by atoms with Gasteiger partial charge in [0, 0.05) is 0 Å². The van der Waals surface area contributed by atoms with Gasteiger partial charge in [-0.2, -0.15) is 0 Å². The molecule has 0 aliphatic rings. The third-order valence-corrected chi connectivity index (χ3v) is 5.32. The Labute approximate surface area is 154 Å². The Morgan fingerprint density at radius 1 is 1.04 bits per heavy atom. The predicted molar refractivity (Wildman–Crippen MR) is 103 cm³/mol. The van der Waals surface area contributed by atoms with Crippen LogP contribution in [0, 0.1) is 0 Å². The van der Waals surface area contributed by atoms with Crippen molar-refractivity contribution in [2.75, 3.05) is 17.7 Å². The van der Waals surface area contributed by atoms with Gasteiger partial charge < -0.3 is 10.1 Å². The zero-order valence-electron chi connectivity index (χ0n) is 15.3. The number of hydrogen-bond acceptors (Lipinski definition) is 4. The van der Waals surface area contributed by atoms with Crippen molar-refractivity contribution in [2.24, 2.45) is 0 Å². The summed E-state index contributed by atoms with van der Waals surface area (Å²) in [5, 5.41) is 2.87. The van der Waals surface area contributed by atoms with E-state index in [1.54, 1.807) is 44.4 Å². The molecule has 0 heterocycles. The first kappa shape index (κ1) is 19.8. The maximum absolute atomic E-state index is 12.7. The first-order valence-electron chi connectivity index (χ1n) is 8.23. The zero-order chi connectivity index (χ0) is 19.3. The summed E-state index contributed by atoms with van der Waals surface area (Å²) in [4.78, 5) is 12.7. The van der Waals surface area contributed by atoms with Crippen LogP contribution in [0.4, 0.5) is 5.69 Å². The predicted octanol–water partition coefficient (Wildman–Crippen LogP) is 2.73. The van der Waals surface area contributed by atoms with E-state index in [1.165, 1.54) is 0 Å². The van der Waals surface area contributed by atoms with Crippen molar-refractivity contribution >= 4 is 21.6 Å². The normalized spacial score (nSPS) is 13.5. The van der Waals surface area contributed by atoms with Crippen LogP contribution in [-0.4, -0.2) is 33.7 Å². The minimum atomic E-state index is -3.62. The monoisotopic (exact) mass is 376 g/mol. The highest BCUT2D eigenvalue weighted by Gasteiger charge is 2.29. The standard InChI is InChI=1S/C19H24N2O4S/c1-14(16-10-12-18(25-3)13-11-16)20-19(22)15(2)21(26(4,23)24)17-8-6-5-7-9-17/h5-15H,1-4H3,(H,20,22). The van der Waals surface area contributed by atoms with Crippen LogP contribution < -0.4 is 14.4 Å². The molecule has 2 aromatic carbocycles. The van der Waals surface area contributed by atoms with Crippen LogP contribution in [0.5, 0.6) is 5.75 Å². The number of hydrogen-bond donors (Lipinski definition) is 1. The molecular weight excluding hydrogens is 352 g/mol. The molecule has 2 atom stereocenters. The van der Waals surface area contributed by atoms with Gasteiger partial charge in [0.25, 0.3) is 0 Å². The highest BCUT2D eigenvalue weighted by molar-refractivity contribution is 7.92. The average Bonchev–Trinajstić information content (AvgIpc) is 2.61. The maximum Gasteiger partial charge on any atom is 0.244 e. The van der Waals surface area contributed by atoms with Crippen LogP contribution in [-0.2, 0) is 14.8 Å². The molecule has 0 aliphatic carbocycles. The summed E-state index contributed by atoms with van der Waals surface area (Å²) in [6, 6.07) is 14.8. The molecule has 0 fully saturated rings. The number of methoxy groups -OCH3 is 1. The van der Waals surface area contributed by atoms with Crippen LogP contribution in [0.25, 0.3) is 0 Å². The second kappa shape index (κ2) is 8.23. The van der Waals surface area contributed by atoms with Crippen molar-refractivity contribution in [1.82, 2.24) is 5.32 Å². The van der Waals surface area contributed by atoms with Gasteiger partial charge in [-0.25, -0.2) is 8.42 Å². The van der Waals surface area contributed by atoms with Crippen LogP contribution in [0.1, 0.15) is 25.5 Å². The van der Waals surface area contributed by atoms with Crippen molar-refractivity contribution in [2.45, 2.75) is 25.9 Å². The fourth-order valence-electron chi connectivity index (χ4n) is 2.69. The molecule has 0 saturated heterocycles. The molecule has 0 aliphatic heterocycles. The highest BCUT2D eigenvalue weighted by Crippen LogP contribution is 2.22. The number of sulfonamides is 1. The Morgan fingerprint density at radius 3 is 2.12 bits per heavy atom. The van der Waals surface area contributed by atoms with E-state index in [4.69, 9.17) is 4.74 Å². The molecule has 0 radical (unpaired) electrons. The maximum atomic E-state index is 12.7. The minimum absolute atomic E-state index is 0.270. The van der Waals surface area contributed by atoms with Crippen LogP contribution in [0.3, 0.4) is 0 Å². The number of carbonyl (C=O) groups is 1. The third-order valence-electron chi connectivity index (χ3n) is 4.07. The van der Waals surface area contributed by atoms with Crippen molar-refractivity contribution in [1.29, 1.82) is 0 Å². The van der Waals surface area contributed by atoms with E-state index >= 15 is 0 Å². The van der Waals surface area contributed by atoms with Gasteiger partial charge >= 0.3 is 0 Å². The molecule has 1 N–H and O–H groups in total. The van der Waals surface area contributed by atoms with E-state index in [0.29, 0.717) is 5.69 Å². The fraction of sp³-hybridized carbons (Fsp3) is 0.316. The number of anilines is 1. The van der Waals surface area contributed by atoms with Crippen LogP contribution in [0.2, 0.25) is 0 Å². The van der Waals surface area contributed by atoms with Gasteiger partial charge in [0.15, 0.2) is 0 Å². The van der Waals surface area contributed by atoms with Crippen LogP contribution >= 0.6 is 0 Å². The molecule has 0 bridgehead atoms. The molecule has 7 heteroatoms. The van der Waals surface area contributed by atoms with Gasteiger partial charge in [-0.05, 0) is 43.7 Å². The molecule has 1 amide bonds. The van der Waals surface area contributed by atoms with Crippen LogP contribution in [0.15, 0.2) is 54.6 Å². The first-order chi connectivity index (χ1) is 12.2. The molecule has 26 heavy (non-hydrogen) atoms. The summed E-state index contributed by atoms with van der Waals surface area (Å²) in [6.45, 7) is 3.42. The molecule has 6 nitrogen and oxygen atoms in total. The quantitative estimate of drug-likeness (QED) is 0.806. The summed E-state index contributed by atoms with van der Waals surface area (Å²) in [5.41, 5.74) is 1.35. The van der Waals surface area contributed by atoms with Crippen molar-refractivity contribution in [3.8, 4) is 5.75 Å². The zero-order valence-corrected chi connectivity index (χ0v) is 16.2. The number of rotatable bonds is 7. The topological polar surface area (TPSA) is 75.7 Å². The van der Waals surface area contributed by atoms with Gasteiger partial charge in [0.05, 0.1) is 25.1 Å². The van der Waals surface area contributed by atoms with Crippen molar-refractivity contribution in [3.63, 3.8) is 0 Å². The molecule has 0 spiro atoms. The summed E-state index contributed by atoms with van der Waals surface area (Å²) in [7, 11) is -2.03. The van der Waals surface area contributed by atoms with E-state index in [0.717, 1.165) is 21.9 Å². The molecule has 140 valence electrons. The Morgan fingerprint density at radius 2 is 1.62 bits per heavy atom. The fourth-order valence-corrected chi connectivity index (χ4v) is 3.87. The lowest BCUT2D eigenvalue weighted by molar-refractivity contribution is -0.122. The number of nitrogens with one attached hydrogen (secondary N) is 1. The first-order valence-corrected chi connectivity index (χ1v) is 10.1. The Bertz CT molecular complexity index is 836. The lowest BCUT2D eigenvalue weighted by atomic mass is 10.1. The van der Waals surface area contributed by atoms with Gasteiger partial charge in [0.2, 0.25) is 15.9 Å². The number of nitrogens with zero attached hydrogens (tertiary/aromatic N) is 1. The molecule has 0 aromatic heterocycles. The summed E-state index contributed by atoms with van der Waals surface area (Å²) in [6.07, 6.45) is 1.09. The Balaban J connectivity index is 2.18. The molecule has 2 unspecified atom stereocenters. The van der Waals surface area contributed by atoms with E-state index in [1.807, 2.05) is 31.2 Å². The van der Waals surface area contributed by atoms with Gasteiger partial charge in [-0.1, -0.05) is 30.3 Å². The molecule has 0 saturated carbocycles. The lowest BCUT2D eigenvalue weighted by Gasteiger charge is -2.29. The van der Waals surface area contributed by atoms with E-state index in [9.17, 15) is 13.2 Å². The summed E-state index contributed by atoms with van der Waals surface area (Å²) in [5.74, 6) is 0.357. The molecule has 2 aromatic rings. The number of para-hydroxylation sites is 1. The van der Waals surface area contributed by atoms with Crippen molar-refractivity contribution < 1.29 is 17.9 Å². The summed E-state index contributed by atoms with van der Waals surface area (Å²) < 4.78 is 30.7. The second-order valence-corrected chi connectivity index (χ2v) is 7.93. The Kier molecular flexibility index (Phi) is 6.26. The lowest BCUT2D eigenvalue weighted by Crippen LogP contribution is -2.48. The number of amides is 1. The average molecular weight is 376 g/mol. The second-order valence-electron chi connectivity index (χ2n) is 6.07. The van der Waals surface area contributed by atoms with Gasteiger partial charge in [0.1, 0.15) is 11.8 Å². The number of benzene rings is 2. The SMILES string of the molecule is COc1ccc(C(C)NC(=O)C(C)N(c2ccccc2)S(C)(=O)=O)cc1. The van der Waals surface area contributed by atoms with E-state index in [-0.39, 0.29) is 11.9 Å². The largest absolute Gasteiger partial charge is 0.497 e. The smallest absolute Gasteiger partial charge is 0.244 e. The van der Waals surface area contributed by atoms with Gasteiger partial charge in [-0.15, -0.1) is 0 Å². The summed E-state index contributed by atoms with van der Waals surface area (Å²) >= 11 is 0. The molecule has 2 rings (SSSR count). The highest BCUT2D eigenvalue weighted by atomic mass is 32.2. The van der Waals surface area contributed by atoms with Gasteiger partial charge in [-0.3, -0.25) is 9.10 Å². The van der Waals surface area contributed by atoms with E-state index in [2.05, 4.69) is 5.32 Å². The minimum Gasteiger partial charge on any atom is -0.497 e. The molecular formula is C19H24N2O4S. The third kappa shape index (κ3) is 4.76. The van der Waals surface area contributed by atoms with Crippen molar-refractivity contribution in [3.05, 3.63) is 60.2 Å².